The third-order valence-corrected chi connectivity index (χ3v) is 2.57. The second kappa shape index (κ2) is 5.07. The van der Waals surface area contributed by atoms with Gasteiger partial charge >= 0.3 is 0 Å². The molecule has 0 saturated carbocycles. The predicted octanol–water partition coefficient (Wildman–Crippen LogP) is 1.35. The lowest BCUT2D eigenvalue weighted by Crippen LogP contribution is -2.41. The molecule has 0 spiro atoms. The van der Waals surface area contributed by atoms with Crippen molar-refractivity contribution in [3.8, 4) is 0 Å². The second-order valence-electron chi connectivity index (χ2n) is 4.09. The number of carbonyl (C=O) groups excluding carboxylic acids is 1. The average Bonchev–Trinajstić information content (AvgIpc) is 2.62. The van der Waals surface area contributed by atoms with Gasteiger partial charge in [0, 0.05) is 11.9 Å². The van der Waals surface area contributed by atoms with E-state index in [0.717, 1.165) is 37.1 Å². The molecule has 3 N–H and O–H groups in total. The van der Waals surface area contributed by atoms with E-state index < -0.39 is 5.54 Å². The second-order valence-corrected chi connectivity index (χ2v) is 4.09. The zero-order valence-electron chi connectivity index (χ0n) is 9.42. The zero-order chi connectivity index (χ0) is 11.3. The molecule has 1 unspecified atom stereocenters. The summed E-state index contributed by atoms with van der Waals surface area (Å²) in [6.45, 7) is 3.94. The van der Waals surface area contributed by atoms with Crippen molar-refractivity contribution in [2.75, 3.05) is 0 Å². The maximum atomic E-state index is 10.9. The third-order valence-electron chi connectivity index (χ3n) is 2.57. The molecule has 1 atom stereocenters. The summed E-state index contributed by atoms with van der Waals surface area (Å²) < 4.78 is 0. The summed E-state index contributed by atoms with van der Waals surface area (Å²) in [6, 6.07) is 0. The Kier molecular flexibility index (Phi) is 4.03. The Morgan fingerprint density at radius 3 is 2.80 bits per heavy atom. The van der Waals surface area contributed by atoms with E-state index in [-0.39, 0.29) is 0 Å². The average molecular weight is 209 g/mol. The number of carbonyl (C=O) groups is 1. The van der Waals surface area contributed by atoms with Crippen molar-refractivity contribution in [2.45, 2.75) is 45.1 Å². The van der Waals surface area contributed by atoms with Gasteiger partial charge in [0.2, 0.25) is 0 Å². The smallest absolute Gasteiger partial charge is 0.139 e. The maximum Gasteiger partial charge on any atom is 0.139 e. The molecule has 0 bridgehead atoms. The summed E-state index contributed by atoms with van der Waals surface area (Å²) in [7, 11) is 0. The van der Waals surface area contributed by atoms with Crippen LogP contribution in [0.4, 0.5) is 0 Å². The van der Waals surface area contributed by atoms with Crippen LogP contribution in [0.1, 0.15) is 37.7 Å². The molecule has 1 rings (SSSR count). The predicted molar refractivity (Wildman–Crippen MR) is 59.5 cm³/mol. The normalized spacial score (nSPS) is 14.9. The Morgan fingerprint density at radius 2 is 2.33 bits per heavy atom. The van der Waals surface area contributed by atoms with Gasteiger partial charge in [-0.25, -0.2) is 4.98 Å². The van der Waals surface area contributed by atoms with Crippen molar-refractivity contribution in [1.29, 1.82) is 0 Å². The molecule has 0 aliphatic carbocycles. The molecule has 0 saturated heterocycles. The lowest BCUT2D eigenvalue weighted by molar-refractivity contribution is -0.112. The number of nitrogens with zero attached hydrogens (tertiary/aromatic N) is 1. The number of aryl methyl sites for hydroxylation is 2. The van der Waals surface area contributed by atoms with Crippen LogP contribution in [0, 0.1) is 6.92 Å². The molecule has 1 aromatic heterocycles. The number of aromatic amines is 1. The molecule has 84 valence electrons. The van der Waals surface area contributed by atoms with Gasteiger partial charge in [0.1, 0.15) is 12.1 Å². The first kappa shape index (κ1) is 11.9. The number of hydrogen-bond donors (Lipinski definition) is 2. The minimum Gasteiger partial charge on any atom is -0.346 e. The highest BCUT2D eigenvalue weighted by molar-refractivity contribution is 5.63. The van der Waals surface area contributed by atoms with Gasteiger partial charge in [0.25, 0.3) is 0 Å². The summed E-state index contributed by atoms with van der Waals surface area (Å²) >= 11 is 0. The number of hydrogen-bond acceptors (Lipinski definition) is 3. The van der Waals surface area contributed by atoms with Crippen molar-refractivity contribution < 1.29 is 4.79 Å². The van der Waals surface area contributed by atoms with E-state index >= 15 is 0 Å². The van der Waals surface area contributed by atoms with Gasteiger partial charge < -0.3 is 15.5 Å². The van der Waals surface area contributed by atoms with E-state index in [0.29, 0.717) is 6.42 Å². The molecular formula is C11H19N3O. The number of aromatic nitrogens is 2. The van der Waals surface area contributed by atoms with Gasteiger partial charge in [-0.15, -0.1) is 0 Å². The third kappa shape index (κ3) is 3.47. The van der Waals surface area contributed by atoms with Crippen LogP contribution in [-0.4, -0.2) is 21.8 Å². The van der Waals surface area contributed by atoms with Crippen molar-refractivity contribution in [3.63, 3.8) is 0 Å². The monoisotopic (exact) mass is 209 g/mol. The zero-order valence-corrected chi connectivity index (χ0v) is 9.42. The van der Waals surface area contributed by atoms with Crippen molar-refractivity contribution in [2.24, 2.45) is 5.73 Å². The topological polar surface area (TPSA) is 71.8 Å². The van der Waals surface area contributed by atoms with Crippen molar-refractivity contribution in [1.82, 2.24) is 9.97 Å². The number of rotatable bonds is 6. The van der Waals surface area contributed by atoms with Crippen LogP contribution in [0.2, 0.25) is 0 Å². The van der Waals surface area contributed by atoms with Crippen LogP contribution in [-0.2, 0) is 11.2 Å². The fraction of sp³-hybridized carbons (Fsp3) is 0.636. The Balaban J connectivity index is 2.50. The molecule has 0 aliphatic heterocycles. The Hall–Kier alpha value is -1.16. The summed E-state index contributed by atoms with van der Waals surface area (Å²) in [5.74, 6) is 0.897. The fourth-order valence-electron chi connectivity index (χ4n) is 1.67. The maximum absolute atomic E-state index is 10.9. The molecule has 4 heteroatoms. The van der Waals surface area contributed by atoms with Gasteiger partial charge in [-0.05, 0) is 26.2 Å². The first-order valence-electron chi connectivity index (χ1n) is 5.35. The Morgan fingerprint density at radius 1 is 1.60 bits per heavy atom. The SMILES string of the molecule is CCCC(N)(C=O)CCc1cnc(C)[nH]1. The van der Waals surface area contributed by atoms with Gasteiger partial charge in [0.05, 0.1) is 5.54 Å². The van der Waals surface area contributed by atoms with Crippen molar-refractivity contribution >= 4 is 6.29 Å². The van der Waals surface area contributed by atoms with Crippen LogP contribution in [0.25, 0.3) is 0 Å². The standard InChI is InChI=1S/C11H19N3O/c1-3-5-11(12,8-15)6-4-10-7-13-9(2)14-10/h7-8H,3-6,12H2,1-2H3,(H,13,14). The summed E-state index contributed by atoms with van der Waals surface area (Å²) in [5, 5.41) is 0. The molecule has 1 aromatic rings. The number of nitrogens with two attached hydrogens (primary N) is 1. The van der Waals surface area contributed by atoms with E-state index in [2.05, 4.69) is 9.97 Å². The van der Waals surface area contributed by atoms with E-state index in [1.807, 2.05) is 13.8 Å². The molecular weight excluding hydrogens is 190 g/mol. The summed E-state index contributed by atoms with van der Waals surface area (Å²) in [5.41, 5.74) is 6.33. The minimum atomic E-state index is -0.673. The van der Waals surface area contributed by atoms with Gasteiger partial charge in [-0.3, -0.25) is 0 Å². The van der Waals surface area contributed by atoms with Crippen LogP contribution >= 0.6 is 0 Å². The van der Waals surface area contributed by atoms with Crippen LogP contribution in [0.15, 0.2) is 6.20 Å². The van der Waals surface area contributed by atoms with E-state index in [1.54, 1.807) is 6.20 Å². The molecule has 0 aromatic carbocycles. The van der Waals surface area contributed by atoms with E-state index in [4.69, 9.17) is 5.73 Å². The van der Waals surface area contributed by atoms with E-state index in [1.165, 1.54) is 0 Å². The lowest BCUT2D eigenvalue weighted by atomic mass is 9.91. The van der Waals surface area contributed by atoms with Gasteiger partial charge in [-0.2, -0.15) is 0 Å². The molecule has 0 aliphatic rings. The number of aldehydes is 1. The van der Waals surface area contributed by atoms with Crippen LogP contribution in [0.3, 0.4) is 0 Å². The molecule has 0 fully saturated rings. The van der Waals surface area contributed by atoms with Crippen LogP contribution < -0.4 is 5.73 Å². The molecule has 0 amide bonds. The van der Waals surface area contributed by atoms with Crippen LogP contribution in [0.5, 0.6) is 0 Å². The number of nitrogens with one attached hydrogen (secondary N) is 1. The largest absolute Gasteiger partial charge is 0.346 e. The highest BCUT2D eigenvalue weighted by atomic mass is 16.1. The number of imidazole rings is 1. The Bertz CT molecular complexity index is 321. The van der Waals surface area contributed by atoms with Gasteiger partial charge in [0.15, 0.2) is 0 Å². The van der Waals surface area contributed by atoms with Gasteiger partial charge in [-0.1, -0.05) is 13.3 Å². The fourth-order valence-corrected chi connectivity index (χ4v) is 1.67. The highest BCUT2D eigenvalue weighted by Crippen LogP contribution is 2.14. The van der Waals surface area contributed by atoms with E-state index in [9.17, 15) is 4.79 Å². The first-order chi connectivity index (χ1) is 7.09. The summed E-state index contributed by atoms with van der Waals surface area (Å²) in [4.78, 5) is 18.1. The quantitative estimate of drug-likeness (QED) is 0.695. The molecule has 0 radical (unpaired) electrons. The van der Waals surface area contributed by atoms with Crippen molar-refractivity contribution in [3.05, 3.63) is 17.7 Å². The Labute approximate surface area is 90.3 Å². The first-order valence-corrected chi connectivity index (χ1v) is 5.35. The minimum absolute atomic E-state index is 0.673. The molecule has 1 heterocycles. The highest BCUT2D eigenvalue weighted by Gasteiger charge is 2.22. The molecule has 15 heavy (non-hydrogen) atoms. The molecule has 4 nitrogen and oxygen atoms in total. The lowest BCUT2D eigenvalue weighted by Gasteiger charge is -2.21. The summed E-state index contributed by atoms with van der Waals surface area (Å²) in [6.07, 6.45) is 5.79. The number of H-pyrrole nitrogens is 1.